The van der Waals surface area contributed by atoms with Crippen LogP contribution >= 0.6 is 0 Å². The highest BCUT2D eigenvalue weighted by Crippen LogP contribution is 2.27. The second-order valence-electron chi connectivity index (χ2n) is 4.83. The second kappa shape index (κ2) is 5.02. The average Bonchev–Trinajstić information content (AvgIpc) is 2.49. The van der Waals surface area contributed by atoms with Crippen molar-refractivity contribution in [1.29, 1.82) is 0 Å². The first-order chi connectivity index (χ1) is 9.66. The molecule has 0 fully saturated rings. The molecule has 1 unspecified atom stereocenters. The van der Waals surface area contributed by atoms with E-state index in [2.05, 4.69) is 4.98 Å². The van der Waals surface area contributed by atoms with Gasteiger partial charge in [-0.25, -0.2) is 4.39 Å². The Labute approximate surface area is 116 Å². The third-order valence-corrected chi connectivity index (χ3v) is 3.46. The molecular formula is C17H14FNO. The maximum Gasteiger partial charge on any atom is 0.126 e. The standard InChI is InChI=1S/C17H14FNO/c1-11-10-13(6-7-15(11)18)17(20)16-14-5-3-2-4-12(14)8-9-19-16/h2-10,17,20H,1H3. The smallest absolute Gasteiger partial charge is 0.126 e. The molecule has 0 aliphatic rings. The number of aliphatic hydroxyl groups excluding tert-OH is 1. The van der Waals surface area contributed by atoms with Crippen molar-refractivity contribution in [2.24, 2.45) is 0 Å². The molecule has 3 heteroatoms. The number of pyridine rings is 1. The third kappa shape index (κ3) is 2.17. The van der Waals surface area contributed by atoms with Crippen LogP contribution in [-0.2, 0) is 0 Å². The van der Waals surface area contributed by atoms with Crippen molar-refractivity contribution in [3.63, 3.8) is 0 Å². The van der Waals surface area contributed by atoms with Crippen LogP contribution in [0.4, 0.5) is 4.39 Å². The van der Waals surface area contributed by atoms with E-state index >= 15 is 0 Å². The number of aliphatic hydroxyl groups is 1. The normalized spacial score (nSPS) is 12.6. The van der Waals surface area contributed by atoms with Crippen LogP contribution in [-0.4, -0.2) is 10.1 Å². The SMILES string of the molecule is Cc1cc(C(O)c2nccc3ccccc23)ccc1F. The first kappa shape index (κ1) is 12.8. The summed E-state index contributed by atoms with van der Waals surface area (Å²) >= 11 is 0. The molecule has 20 heavy (non-hydrogen) atoms. The zero-order valence-corrected chi connectivity index (χ0v) is 11.0. The fourth-order valence-electron chi connectivity index (χ4n) is 2.36. The minimum absolute atomic E-state index is 0.271. The lowest BCUT2D eigenvalue weighted by molar-refractivity contribution is 0.217. The third-order valence-electron chi connectivity index (χ3n) is 3.46. The van der Waals surface area contributed by atoms with Gasteiger partial charge in [0.25, 0.3) is 0 Å². The number of aromatic nitrogens is 1. The molecule has 1 atom stereocenters. The van der Waals surface area contributed by atoms with E-state index in [1.807, 2.05) is 30.3 Å². The van der Waals surface area contributed by atoms with Crippen LogP contribution in [0.1, 0.15) is 22.9 Å². The maximum atomic E-state index is 13.3. The van der Waals surface area contributed by atoms with Gasteiger partial charge >= 0.3 is 0 Å². The number of rotatable bonds is 2. The zero-order chi connectivity index (χ0) is 14.1. The van der Waals surface area contributed by atoms with E-state index in [4.69, 9.17) is 0 Å². The van der Waals surface area contributed by atoms with Gasteiger partial charge in [-0.1, -0.05) is 36.4 Å². The fraction of sp³-hybridized carbons (Fsp3) is 0.118. The van der Waals surface area contributed by atoms with E-state index in [0.29, 0.717) is 16.8 Å². The van der Waals surface area contributed by atoms with E-state index in [0.717, 1.165) is 10.8 Å². The highest BCUT2D eigenvalue weighted by Gasteiger charge is 2.15. The molecule has 100 valence electrons. The predicted molar refractivity (Wildman–Crippen MR) is 76.9 cm³/mol. The molecule has 0 bridgehead atoms. The molecule has 0 amide bonds. The van der Waals surface area contributed by atoms with Crippen molar-refractivity contribution in [2.45, 2.75) is 13.0 Å². The van der Waals surface area contributed by atoms with Crippen molar-refractivity contribution in [3.8, 4) is 0 Å². The second-order valence-corrected chi connectivity index (χ2v) is 4.83. The Morgan fingerprint density at radius 1 is 1.10 bits per heavy atom. The number of hydrogen-bond donors (Lipinski definition) is 1. The Balaban J connectivity index is 2.12. The number of hydrogen-bond acceptors (Lipinski definition) is 2. The van der Waals surface area contributed by atoms with Crippen molar-refractivity contribution in [1.82, 2.24) is 4.98 Å². The van der Waals surface area contributed by atoms with Crippen LogP contribution < -0.4 is 0 Å². The summed E-state index contributed by atoms with van der Waals surface area (Å²) in [5.41, 5.74) is 1.75. The first-order valence-corrected chi connectivity index (χ1v) is 6.44. The quantitative estimate of drug-likeness (QED) is 0.766. The molecule has 1 aromatic heterocycles. The van der Waals surface area contributed by atoms with Gasteiger partial charge in [-0.15, -0.1) is 0 Å². The molecule has 0 aliphatic carbocycles. The fourth-order valence-corrected chi connectivity index (χ4v) is 2.36. The van der Waals surface area contributed by atoms with Crippen molar-refractivity contribution in [2.75, 3.05) is 0 Å². The van der Waals surface area contributed by atoms with Gasteiger partial charge in [-0.3, -0.25) is 4.98 Å². The molecule has 1 N–H and O–H groups in total. The van der Waals surface area contributed by atoms with Gasteiger partial charge in [0.1, 0.15) is 11.9 Å². The van der Waals surface area contributed by atoms with E-state index in [1.54, 1.807) is 25.3 Å². The lowest BCUT2D eigenvalue weighted by Crippen LogP contribution is -2.04. The summed E-state index contributed by atoms with van der Waals surface area (Å²) in [6, 6.07) is 14.3. The Kier molecular flexibility index (Phi) is 3.20. The van der Waals surface area contributed by atoms with Crippen LogP contribution in [0, 0.1) is 12.7 Å². The summed E-state index contributed by atoms with van der Waals surface area (Å²) in [6.07, 6.45) is 0.817. The molecule has 2 aromatic carbocycles. The summed E-state index contributed by atoms with van der Waals surface area (Å²) < 4.78 is 13.3. The number of nitrogens with zero attached hydrogens (tertiary/aromatic N) is 1. The van der Waals surface area contributed by atoms with Gasteiger partial charge in [-0.2, -0.15) is 0 Å². The minimum atomic E-state index is -0.861. The molecule has 3 aromatic rings. The first-order valence-electron chi connectivity index (χ1n) is 6.44. The lowest BCUT2D eigenvalue weighted by Gasteiger charge is -2.14. The molecule has 0 aliphatic heterocycles. The van der Waals surface area contributed by atoms with Crippen LogP contribution in [0.2, 0.25) is 0 Å². The Hall–Kier alpha value is -2.26. The predicted octanol–water partition coefficient (Wildman–Crippen LogP) is 3.76. The van der Waals surface area contributed by atoms with E-state index in [9.17, 15) is 9.50 Å². The molecule has 0 saturated heterocycles. The van der Waals surface area contributed by atoms with E-state index in [-0.39, 0.29) is 5.82 Å². The Morgan fingerprint density at radius 3 is 2.70 bits per heavy atom. The van der Waals surface area contributed by atoms with Gasteiger partial charge in [-0.05, 0) is 35.6 Å². The molecule has 3 rings (SSSR count). The van der Waals surface area contributed by atoms with Crippen LogP contribution in [0.5, 0.6) is 0 Å². The molecule has 0 spiro atoms. The number of halogens is 1. The van der Waals surface area contributed by atoms with Crippen LogP contribution in [0.25, 0.3) is 10.8 Å². The summed E-state index contributed by atoms with van der Waals surface area (Å²) in [5.74, 6) is -0.271. The van der Waals surface area contributed by atoms with Gasteiger partial charge < -0.3 is 5.11 Å². The van der Waals surface area contributed by atoms with Crippen molar-refractivity contribution in [3.05, 3.63) is 77.4 Å². The van der Waals surface area contributed by atoms with Gasteiger partial charge in [0.15, 0.2) is 0 Å². The molecule has 0 saturated carbocycles. The van der Waals surface area contributed by atoms with Crippen molar-refractivity contribution >= 4 is 10.8 Å². The largest absolute Gasteiger partial charge is 0.382 e. The molecule has 1 heterocycles. The Bertz CT molecular complexity index is 765. The number of aryl methyl sites for hydroxylation is 1. The van der Waals surface area contributed by atoms with Crippen LogP contribution in [0.15, 0.2) is 54.7 Å². The van der Waals surface area contributed by atoms with E-state index < -0.39 is 6.10 Å². The Morgan fingerprint density at radius 2 is 1.90 bits per heavy atom. The highest BCUT2D eigenvalue weighted by atomic mass is 19.1. The lowest BCUT2D eigenvalue weighted by atomic mass is 9.99. The van der Waals surface area contributed by atoms with Crippen molar-refractivity contribution < 1.29 is 9.50 Å². The summed E-state index contributed by atoms with van der Waals surface area (Å²) in [7, 11) is 0. The highest BCUT2D eigenvalue weighted by molar-refractivity contribution is 5.84. The van der Waals surface area contributed by atoms with Crippen LogP contribution in [0.3, 0.4) is 0 Å². The number of benzene rings is 2. The minimum Gasteiger partial charge on any atom is -0.382 e. The monoisotopic (exact) mass is 267 g/mol. The topological polar surface area (TPSA) is 33.1 Å². The average molecular weight is 267 g/mol. The van der Waals surface area contributed by atoms with E-state index in [1.165, 1.54) is 6.07 Å². The number of fused-ring (bicyclic) bond motifs is 1. The molecule has 0 radical (unpaired) electrons. The molecular weight excluding hydrogens is 253 g/mol. The zero-order valence-electron chi connectivity index (χ0n) is 11.0. The van der Waals surface area contributed by atoms with Gasteiger partial charge in [0, 0.05) is 11.6 Å². The maximum absolute atomic E-state index is 13.3. The summed E-state index contributed by atoms with van der Waals surface area (Å²) in [6.45, 7) is 1.68. The summed E-state index contributed by atoms with van der Waals surface area (Å²) in [5, 5.41) is 12.5. The molecule has 2 nitrogen and oxygen atoms in total. The van der Waals surface area contributed by atoms with Gasteiger partial charge in [0.2, 0.25) is 0 Å². The summed E-state index contributed by atoms with van der Waals surface area (Å²) in [4.78, 5) is 4.29. The van der Waals surface area contributed by atoms with Gasteiger partial charge in [0.05, 0.1) is 5.69 Å².